The summed E-state index contributed by atoms with van der Waals surface area (Å²) < 4.78 is 0. The first-order chi connectivity index (χ1) is 7.91. The second-order valence-electron chi connectivity index (χ2n) is 4.32. The summed E-state index contributed by atoms with van der Waals surface area (Å²) in [6, 6.07) is -0.230. The van der Waals surface area contributed by atoms with E-state index in [0.29, 0.717) is 19.4 Å². The lowest BCUT2D eigenvalue weighted by molar-refractivity contribution is -0.137. The summed E-state index contributed by atoms with van der Waals surface area (Å²) in [6.07, 6.45) is 3.31. The van der Waals surface area contributed by atoms with Gasteiger partial charge in [-0.1, -0.05) is 11.6 Å². The van der Waals surface area contributed by atoms with Crippen molar-refractivity contribution in [3.05, 3.63) is 11.6 Å². The second kappa shape index (κ2) is 8.61. The predicted octanol–water partition coefficient (Wildman–Crippen LogP) is 1.90. The lowest BCUT2D eigenvalue weighted by Gasteiger charge is -2.13. The third kappa shape index (κ3) is 10.8. The van der Waals surface area contributed by atoms with Gasteiger partial charge in [0.1, 0.15) is 0 Å². The Morgan fingerprint density at radius 1 is 1.35 bits per heavy atom. The summed E-state index contributed by atoms with van der Waals surface area (Å²) in [7, 11) is 0. The zero-order valence-corrected chi connectivity index (χ0v) is 10.7. The molecule has 3 N–H and O–H groups in total. The van der Waals surface area contributed by atoms with E-state index in [4.69, 9.17) is 5.11 Å². The highest BCUT2D eigenvalue weighted by Gasteiger charge is 2.06. The van der Waals surface area contributed by atoms with Gasteiger partial charge < -0.3 is 15.7 Å². The zero-order chi connectivity index (χ0) is 13.3. The summed E-state index contributed by atoms with van der Waals surface area (Å²) in [5.41, 5.74) is 1.15. The maximum Gasteiger partial charge on any atom is 0.315 e. The molecule has 0 spiro atoms. The van der Waals surface area contributed by atoms with Crippen molar-refractivity contribution in [3.8, 4) is 0 Å². The van der Waals surface area contributed by atoms with E-state index in [1.807, 2.05) is 26.8 Å². The van der Waals surface area contributed by atoms with Crippen molar-refractivity contribution in [1.29, 1.82) is 0 Å². The van der Waals surface area contributed by atoms with E-state index in [-0.39, 0.29) is 18.5 Å². The van der Waals surface area contributed by atoms with Crippen LogP contribution in [-0.4, -0.2) is 29.7 Å². The Kier molecular flexibility index (Phi) is 7.84. The highest BCUT2D eigenvalue weighted by atomic mass is 16.4. The van der Waals surface area contributed by atoms with E-state index < -0.39 is 5.97 Å². The molecule has 1 unspecified atom stereocenters. The molecule has 17 heavy (non-hydrogen) atoms. The third-order valence-corrected chi connectivity index (χ3v) is 2.18. The fraction of sp³-hybridized carbons (Fsp3) is 0.667. The number of allylic oxidation sites excluding steroid dienone is 1. The highest BCUT2D eigenvalue weighted by Crippen LogP contribution is 2.00. The number of carbonyl (C=O) groups excluding carboxylic acids is 1. The van der Waals surface area contributed by atoms with Gasteiger partial charge in [-0.25, -0.2) is 4.79 Å². The van der Waals surface area contributed by atoms with Gasteiger partial charge in [-0.05, 0) is 33.6 Å². The fourth-order valence-corrected chi connectivity index (χ4v) is 1.25. The van der Waals surface area contributed by atoms with E-state index in [2.05, 4.69) is 10.6 Å². The van der Waals surface area contributed by atoms with Gasteiger partial charge in [-0.2, -0.15) is 0 Å². The molecular formula is C12H22N2O3. The molecule has 0 fully saturated rings. The molecule has 0 aliphatic rings. The smallest absolute Gasteiger partial charge is 0.315 e. The van der Waals surface area contributed by atoms with Crippen LogP contribution in [0.2, 0.25) is 0 Å². The topological polar surface area (TPSA) is 78.4 Å². The number of amides is 2. The Labute approximate surface area is 102 Å². The summed E-state index contributed by atoms with van der Waals surface area (Å²) >= 11 is 0. The maximum atomic E-state index is 11.4. The molecule has 0 aromatic rings. The molecule has 98 valence electrons. The molecule has 2 amide bonds. The molecule has 0 heterocycles. The number of carboxylic acids is 1. The van der Waals surface area contributed by atoms with Gasteiger partial charge in [-0.3, -0.25) is 4.79 Å². The molecule has 0 saturated heterocycles. The van der Waals surface area contributed by atoms with Gasteiger partial charge in [0.2, 0.25) is 0 Å². The summed E-state index contributed by atoms with van der Waals surface area (Å²) in [5, 5.41) is 13.9. The molecule has 0 aromatic carbocycles. The van der Waals surface area contributed by atoms with E-state index in [1.165, 1.54) is 0 Å². The number of aliphatic carboxylic acids is 1. The second-order valence-corrected chi connectivity index (χ2v) is 4.32. The van der Waals surface area contributed by atoms with Crippen molar-refractivity contribution in [2.45, 2.75) is 46.1 Å². The van der Waals surface area contributed by atoms with Crippen LogP contribution in [0.3, 0.4) is 0 Å². The van der Waals surface area contributed by atoms with Gasteiger partial charge in [-0.15, -0.1) is 0 Å². The van der Waals surface area contributed by atoms with Crippen LogP contribution in [0.4, 0.5) is 4.79 Å². The average molecular weight is 242 g/mol. The van der Waals surface area contributed by atoms with E-state index in [9.17, 15) is 9.59 Å². The van der Waals surface area contributed by atoms with Crippen LogP contribution >= 0.6 is 0 Å². The molecule has 1 atom stereocenters. The number of nitrogens with one attached hydrogen (secondary N) is 2. The van der Waals surface area contributed by atoms with Crippen molar-refractivity contribution in [1.82, 2.24) is 10.6 Å². The van der Waals surface area contributed by atoms with Gasteiger partial charge in [0.05, 0.1) is 0 Å². The molecule has 0 bridgehead atoms. The first-order valence-electron chi connectivity index (χ1n) is 5.81. The monoisotopic (exact) mass is 242 g/mol. The minimum absolute atomic E-state index is 0.0129. The molecule has 0 aliphatic heterocycles. The van der Waals surface area contributed by atoms with Crippen molar-refractivity contribution in [2.24, 2.45) is 0 Å². The highest BCUT2D eigenvalue weighted by molar-refractivity contribution is 5.74. The standard InChI is InChI=1S/C12H22N2O3/c1-9(2)7-8-13-12(17)14-10(3)5-4-6-11(15)16/h7,10H,4-6,8H2,1-3H3,(H,15,16)(H2,13,14,17). The Morgan fingerprint density at radius 3 is 2.53 bits per heavy atom. The largest absolute Gasteiger partial charge is 0.481 e. The van der Waals surface area contributed by atoms with Crippen LogP contribution in [0, 0.1) is 0 Å². The lowest BCUT2D eigenvalue weighted by atomic mass is 10.1. The molecule has 5 heteroatoms. The van der Waals surface area contributed by atoms with Gasteiger partial charge in [0.25, 0.3) is 0 Å². The quantitative estimate of drug-likeness (QED) is 0.596. The average Bonchev–Trinajstić information content (AvgIpc) is 2.15. The van der Waals surface area contributed by atoms with Crippen molar-refractivity contribution < 1.29 is 14.7 Å². The van der Waals surface area contributed by atoms with Crippen LogP contribution in [0.5, 0.6) is 0 Å². The normalized spacial score (nSPS) is 11.5. The number of rotatable bonds is 7. The molecule has 0 aliphatic carbocycles. The predicted molar refractivity (Wildman–Crippen MR) is 66.9 cm³/mol. The number of hydrogen-bond acceptors (Lipinski definition) is 2. The Bertz CT molecular complexity index is 283. The van der Waals surface area contributed by atoms with Gasteiger partial charge in [0.15, 0.2) is 0 Å². The van der Waals surface area contributed by atoms with E-state index >= 15 is 0 Å². The first-order valence-corrected chi connectivity index (χ1v) is 5.81. The van der Waals surface area contributed by atoms with E-state index in [1.54, 1.807) is 0 Å². The molecule has 0 aromatic heterocycles. The first kappa shape index (κ1) is 15.5. The van der Waals surface area contributed by atoms with Gasteiger partial charge in [0, 0.05) is 19.0 Å². The van der Waals surface area contributed by atoms with Crippen LogP contribution < -0.4 is 10.6 Å². The van der Waals surface area contributed by atoms with Crippen molar-refractivity contribution >= 4 is 12.0 Å². The summed E-state index contributed by atoms with van der Waals surface area (Å²) in [5.74, 6) is -0.801. The molecule has 0 rings (SSSR count). The van der Waals surface area contributed by atoms with Crippen LogP contribution in [-0.2, 0) is 4.79 Å². The molecule has 0 saturated carbocycles. The van der Waals surface area contributed by atoms with Crippen LogP contribution in [0.25, 0.3) is 0 Å². The van der Waals surface area contributed by atoms with E-state index in [0.717, 1.165) is 5.57 Å². The SMILES string of the molecule is CC(C)=CCNC(=O)NC(C)CCCC(=O)O. The Balaban J connectivity index is 3.65. The zero-order valence-electron chi connectivity index (χ0n) is 10.7. The van der Waals surface area contributed by atoms with Crippen LogP contribution in [0.15, 0.2) is 11.6 Å². The molecule has 5 nitrogen and oxygen atoms in total. The Morgan fingerprint density at radius 2 is 2.00 bits per heavy atom. The number of carboxylic acid groups (broad SMARTS) is 1. The van der Waals surface area contributed by atoms with Gasteiger partial charge >= 0.3 is 12.0 Å². The minimum atomic E-state index is -0.801. The number of carbonyl (C=O) groups is 2. The lowest BCUT2D eigenvalue weighted by Crippen LogP contribution is -2.40. The molecular weight excluding hydrogens is 220 g/mol. The van der Waals surface area contributed by atoms with Crippen molar-refractivity contribution in [3.63, 3.8) is 0 Å². The third-order valence-electron chi connectivity index (χ3n) is 2.18. The number of hydrogen-bond donors (Lipinski definition) is 3. The van der Waals surface area contributed by atoms with Crippen molar-refractivity contribution in [2.75, 3.05) is 6.54 Å². The number of urea groups is 1. The summed E-state index contributed by atoms with van der Waals surface area (Å²) in [4.78, 5) is 21.7. The summed E-state index contributed by atoms with van der Waals surface area (Å²) in [6.45, 7) is 6.31. The van der Waals surface area contributed by atoms with Crippen LogP contribution in [0.1, 0.15) is 40.0 Å². The Hall–Kier alpha value is -1.52. The fourth-order valence-electron chi connectivity index (χ4n) is 1.25. The maximum absolute atomic E-state index is 11.4. The molecule has 0 radical (unpaired) electrons. The minimum Gasteiger partial charge on any atom is -0.481 e.